The minimum Gasteiger partial charge on any atom is -0.496 e. The van der Waals surface area contributed by atoms with E-state index < -0.39 is 0 Å². The van der Waals surface area contributed by atoms with Crippen LogP contribution in [-0.2, 0) is 0 Å². The predicted octanol–water partition coefficient (Wildman–Crippen LogP) is 2.18. The molecule has 1 unspecified atom stereocenters. The number of aromatic amines is 1. The zero-order valence-electron chi connectivity index (χ0n) is 12.3. The summed E-state index contributed by atoms with van der Waals surface area (Å²) in [6, 6.07) is 8.43. The number of benzene rings is 1. The molecule has 0 spiro atoms. The largest absolute Gasteiger partial charge is 0.496 e. The monoisotopic (exact) mass is 286 g/mol. The lowest BCUT2D eigenvalue weighted by molar-refractivity contribution is 0.0939. The van der Waals surface area contributed by atoms with Gasteiger partial charge in [0, 0.05) is 17.8 Å². The number of carbonyl (C=O) groups is 1. The Kier molecular flexibility index (Phi) is 4.42. The number of H-pyrrole nitrogens is 1. The highest BCUT2D eigenvalue weighted by atomic mass is 16.5. The molecule has 0 aliphatic rings. The van der Waals surface area contributed by atoms with E-state index in [1.165, 1.54) is 18.3 Å². The van der Waals surface area contributed by atoms with Crippen molar-refractivity contribution in [2.75, 3.05) is 7.11 Å². The third-order valence-corrected chi connectivity index (χ3v) is 3.25. The summed E-state index contributed by atoms with van der Waals surface area (Å²) >= 11 is 0. The van der Waals surface area contributed by atoms with E-state index in [1.54, 1.807) is 7.11 Å². The molecule has 1 aromatic heterocycles. The molecular formula is C16H18N2O3. The molecule has 0 aliphatic heterocycles. The van der Waals surface area contributed by atoms with Gasteiger partial charge in [0.15, 0.2) is 0 Å². The van der Waals surface area contributed by atoms with Gasteiger partial charge in [0.1, 0.15) is 5.75 Å². The summed E-state index contributed by atoms with van der Waals surface area (Å²) in [5.41, 5.74) is 2.18. The highest BCUT2D eigenvalue weighted by molar-refractivity contribution is 5.94. The van der Waals surface area contributed by atoms with Crippen LogP contribution in [0.3, 0.4) is 0 Å². The number of methoxy groups -OCH3 is 1. The first-order valence-corrected chi connectivity index (χ1v) is 6.65. The van der Waals surface area contributed by atoms with Crippen molar-refractivity contribution < 1.29 is 9.53 Å². The minimum absolute atomic E-state index is 0.209. The molecule has 1 aromatic carbocycles. The van der Waals surface area contributed by atoms with Gasteiger partial charge in [0.2, 0.25) is 5.56 Å². The maximum Gasteiger partial charge on any atom is 0.253 e. The van der Waals surface area contributed by atoms with Crippen molar-refractivity contribution in [3.8, 4) is 5.75 Å². The number of nitrogens with one attached hydrogen (secondary N) is 2. The second-order valence-electron chi connectivity index (χ2n) is 4.88. The Morgan fingerprint density at radius 3 is 2.67 bits per heavy atom. The fourth-order valence-electron chi connectivity index (χ4n) is 2.10. The molecule has 0 fully saturated rings. The molecule has 0 radical (unpaired) electrons. The summed E-state index contributed by atoms with van der Waals surface area (Å²) in [5.74, 6) is 0.483. The van der Waals surface area contributed by atoms with E-state index in [9.17, 15) is 9.59 Å². The SMILES string of the molecule is COc1ccc(C)cc1C(C)NC(=O)c1ccc(=O)[nH]c1. The fourth-order valence-corrected chi connectivity index (χ4v) is 2.10. The molecule has 5 heteroatoms. The topological polar surface area (TPSA) is 71.2 Å². The van der Waals surface area contributed by atoms with Gasteiger partial charge in [-0.3, -0.25) is 9.59 Å². The van der Waals surface area contributed by atoms with Crippen LogP contribution < -0.4 is 15.6 Å². The number of ether oxygens (including phenoxy) is 1. The van der Waals surface area contributed by atoms with Crippen molar-refractivity contribution in [1.29, 1.82) is 0 Å². The third kappa shape index (κ3) is 3.51. The standard InChI is InChI=1S/C16H18N2O3/c1-10-4-6-14(21-3)13(8-10)11(2)18-16(20)12-5-7-15(19)17-9-12/h4-9,11H,1-3H3,(H,17,19)(H,18,20). The lowest BCUT2D eigenvalue weighted by Gasteiger charge is -2.18. The zero-order chi connectivity index (χ0) is 15.4. The van der Waals surface area contributed by atoms with Crippen LogP contribution in [0, 0.1) is 6.92 Å². The maximum absolute atomic E-state index is 12.2. The Bertz CT molecular complexity index is 686. The molecule has 1 amide bonds. The van der Waals surface area contributed by atoms with Crippen molar-refractivity contribution >= 4 is 5.91 Å². The lowest BCUT2D eigenvalue weighted by atomic mass is 10.0. The first-order chi connectivity index (χ1) is 10.0. The Morgan fingerprint density at radius 1 is 1.29 bits per heavy atom. The molecule has 5 nitrogen and oxygen atoms in total. The van der Waals surface area contributed by atoms with Crippen molar-refractivity contribution in [3.63, 3.8) is 0 Å². The van der Waals surface area contributed by atoms with Gasteiger partial charge in [-0.05, 0) is 26.0 Å². The van der Waals surface area contributed by atoms with Gasteiger partial charge in [-0.1, -0.05) is 17.7 Å². The second-order valence-corrected chi connectivity index (χ2v) is 4.88. The Labute approximate surface area is 123 Å². The molecule has 0 bridgehead atoms. The summed E-state index contributed by atoms with van der Waals surface area (Å²) in [6.45, 7) is 3.88. The van der Waals surface area contributed by atoms with Gasteiger partial charge in [0.05, 0.1) is 18.7 Å². The van der Waals surface area contributed by atoms with Crippen molar-refractivity contribution in [1.82, 2.24) is 10.3 Å². The molecule has 2 rings (SSSR count). The summed E-state index contributed by atoms with van der Waals surface area (Å²) in [6.07, 6.45) is 1.40. The summed E-state index contributed by atoms with van der Waals surface area (Å²) in [7, 11) is 1.60. The number of carbonyl (C=O) groups excluding carboxylic acids is 1. The summed E-state index contributed by atoms with van der Waals surface area (Å²) in [4.78, 5) is 25.6. The van der Waals surface area contributed by atoms with Crippen LogP contribution in [0.4, 0.5) is 0 Å². The molecule has 0 aliphatic carbocycles. The molecule has 21 heavy (non-hydrogen) atoms. The number of hydrogen-bond donors (Lipinski definition) is 2. The normalized spacial score (nSPS) is 11.8. The molecule has 2 N–H and O–H groups in total. The average Bonchev–Trinajstić information content (AvgIpc) is 2.47. The van der Waals surface area contributed by atoms with E-state index in [0.717, 1.165) is 16.9 Å². The Balaban J connectivity index is 2.19. The average molecular weight is 286 g/mol. The predicted molar refractivity (Wildman–Crippen MR) is 80.7 cm³/mol. The van der Waals surface area contributed by atoms with Crippen LogP contribution >= 0.6 is 0 Å². The fraction of sp³-hybridized carbons (Fsp3) is 0.250. The van der Waals surface area contributed by atoms with Crippen LogP contribution in [0.15, 0.2) is 41.3 Å². The number of aryl methyl sites for hydroxylation is 1. The molecular weight excluding hydrogens is 268 g/mol. The number of pyridine rings is 1. The van der Waals surface area contributed by atoms with Crippen molar-refractivity contribution in [2.24, 2.45) is 0 Å². The molecule has 2 aromatic rings. The number of aromatic nitrogens is 1. The van der Waals surface area contributed by atoms with E-state index in [4.69, 9.17) is 4.74 Å². The van der Waals surface area contributed by atoms with E-state index in [2.05, 4.69) is 10.3 Å². The molecule has 0 saturated carbocycles. The highest BCUT2D eigenvalue weighted by Gasteiger charge is 2.15. The third-order valence-electron chi connectivity index (χ3n) is 3.25. The maximum atomic E-state index is 12.2. The number of amides is 1. The molecule has 1 atom stereocenters. The van der Waals surface area contributed by atoms with Gasteiger partial charge >= 0.3 is 0 Å². The number of rotatable bonds is 4. The Hall–Kier alpha value is -2.56. The van der Waals surface area contributed by atoms with Crippen LogP contribution in [0.5, 0.6) is 5.75 Å². The first-order valence-electron chi connectivity index (χ1n) is 6.65. The smallest absolute Gasteiger partial charge is 0.253 e. The van der Waals surface area contributed by atoms with E-state index >= 15 is 0 Å². The minimum atomic E-state index is -0.248. The van der Waals surface area contributed by atoms with Gasteiger partial charge in [-0.15, -0.1) is 0 Å². The van der Waals surface area contributed by atoms with Crippen molar-refractivity contribution in [2.45, 2.75) is 19.9 Å². The van der Waals surface area contributed by atoms with Crippen LogP contribution in [0.25, 0.3) is 0 Å². The van der Waals surface area contributed by atoms with Gasteiger partial charge in [0.25, 0.3) is 5.91 Å². The Morgan fingerprint density at radius 2 is 2.05 bits per heavy atom. The van der Waals surface area contributed by atoms with Gasteiger partial charge < -0.3 is 15.0 Å². The number of hydrogen-bond acceptors (Lipinski definition) is 3. The van der Waals surface area contributed by atoms with Crippen LogP contribution in [0.2, 0.25) is 0 Å². The van der Waals surface area contributed by atoms with Gasteiger partial charge in [-0.25, -0.2) is 0 Å². The van der Waals surface area contributed by atoms with Crippen molar-refractivity contribution in [3.05, 3.63) is 63.6 Å². The lowest BCUT2D eigenvalue weighted by Crippen LogP contribution is -2.27. The molecule has 1 heterocycles. The van der Waals surface area contributed by atoms with E-state index in [1.807, 2.05) is 32.0 Å². The van der Waals surface area contributed by atoms with E-state index in [0.29, 0.717) is 5.56 Å². The first kappa shape index (κ1) is 14.8. The molecule has 0 saturated heterocycles. The van der Waals surface area contributed by atoms with Crippen LogP contribution in [0.1, 0.15) is 34.5 Å². The second kappa shape index (κ2) is 6.26. The quantitative estimate of drug-likeness (QED) is 0.905. The summed E-state index contributed by atoms with van der Waals surface area (Å²) in [5, 5.41) is 2.89. The highest BCUT2D eigenvalue weighted by Crippen LogP contribution is 2.26. The molecule has 110 valence electrons. The zero-order valence-corrected chi connectivity index (χ0v) is 12.3. The van der Waals surface area contributed by atoms with Gasteiger partial charge in [-0.2, -0.15) is 0 Å². The van der Waals surface area contributed by atoms with E-state index in [-0.39, 0.29) is 17.5 Å². The van der Waals surface area contributed by atoms with Crippen LogP contribution in [-0.4, -0.2) is 18.0 Å². The summed E-state index contributed by atoms with van der Waals surface area (Å²) < 4.78 is 5.33.